The maximum absolute atomic E-state index is 4.99. The van der Waals surface area contributed by atoms with Gasteiger partial charge in [0.1, 0.15) is 5.82 Å². The Labute approximate surface area is 115 Å². The van der Waals surface area contributed by atoms with Crippen LogP contribution < -0.4 is 10.6 Å². The van der Waals surface area contributed by atoms with Crippen molar-refractivity contribution < 1.29 is 0 Å². The van der Waals surface area contributed by atoms with Gasteiger partial charge in [-0.1, -0.05) is 6.92 Å². The maximum atomic E-state index is 4.99. The number of hydrogen-bond donors (Lipinski definition) is 2. The van der Waals surface area contributed by atoms with Gasteiger partial charge in [-0.15, -0.1) is 0 Å². The highest BCUT2D eigenvalue weighted by Crippen LogP contribution is 2.56. The van der Waals surface area contributed by atoms with Gasteiger partial charge in [0.25, 0.3) is 0 Å². The zero-order valence-electron chi connectivity index (χ0n) is 11.8. The summed E-state index contributed by atoms with van der Waals surface area (Å²) in [6.45, 7) is 5.82. The Balaban J connectivity index is 1.64. The third-order valence-electron chi connectivity index (χ3n) is 5.37. The standard InChI is InChI=1S/C15H24N4/c1-15(5-6-15)13-4-9-17-14-10-12(18-19(13)14)11-2-7-16-8-3-11/h10-11,13,16-17H,2-9H2,1H3. The van der Waals surface area contributed by atoms with E-state index in [1.807, 2.05) is 0 Å². The number of rotatable bonds is 2. The average Bonchev–Trinajstić information content (AvgIpc) is 3.05. The Morgan fingerprint density at radius 1 is 1.21 bits per heavy atom. The van der Waals surface area contributed by atoms with Crippen LogP contribution in [0.2, 0.25) is 0 Å². The van der Waals surface area contributed by atoms with Gasteiger partial charge >= 0.3 is 0 Å². The first kappa shape index (κ1) is 11.8. The molecule has 4 nitrogen and oxygen atoms in total. The van der Waals surface area contributed by atoms with Gasteiger partial charge in [0.15, 0.2) is 0 Å². The summed E-state index contributed by atoms with van der Waals surface area (Å²) in [7, 11) is 0. The minimum atomic E-state index is 0.522. The molecule has 2 aliphatic heterocycles. The lowest BCUT2D eigenvalue weighted by Crippen LogP contribution is -2.29. The molecule has 0 amide bonds. The normalized spacial score (nSPS) is 29.6. The summed E-state index contributed by atoms with van der Waals surface area (Å²) in [5, 5.41) is 12.0. The second-order valence-electron chi connectivity index (χ2n) is 6.81. The Morgan fingerprint density at radius 2 is 2.00 bits per heavy atom. The molecule has 3 heterocycles. The molecule has 1 unspecified atom stereocenters. The highest BCUT2D eigenvalue weighted by molar-refractivity contribution is 5.41. The van der Waals surface area contributed by atoms with E-state index in [0.717, 1.165) is 19.6 Å². The van der Waals surface area contributed by atoms with Gasteiger partial charge in [0.2, 0.25) is 0 Å². The molecule has 19 heavy (non-hydrogen) atoms. The monoisotopic (exact) mass is 260 g/mol. The number of nitrogens with zero attached hydrogens (tertiary/aromatic N) is 2. The van der Waals surface area contributed by atoms with E-state index >= 15 is 0 Å². The van der Waals surface area contributed by atoms with Crippen LogP contribution in [0.15, 0.2) is 6.07 Å². The number of nitrogens with one attached hydrogen (secondary N) is 2. The molecule has 0 bridgehead atoms. The molecule has 2 fully saturated rings. The number of anilines is 1. The van der Waals surface area contributed by atoms with Gasteiger partial charge in [0, 0.05) is 18.5 Å². The third-order valence-corrected chi connectivity index (χ3v) is 5.37. The molecule has 1 aliphatic carbocycles. The SMILES string of the molecule is CC1(C2CCNc3cc(C4CCNCC4)nn32)CC1. The van der Waals surface area contributed by atoms with Crippen molar-refractivity contribution >= 4 is 5.82 Å². The van der Waals surface area contributed by atoms with Gasteiger partial charge < -0.3 is 10.6 Å². The number of hydrogen-bond acceptors (Lipinski definition) is 3. The molecule has 1 aromatic rings. The second kappa shape index (κ2) is 4.23. The summed E-state index contributed by atoms with van der Waals surface area (Å²) in [4.78, 5) is 0. The summed E-state index contributed by atoms with van der Waals surface area (Å²) in [6.07, 6.45) is 6.45. The molecule has 0 radical (unpaired) electrons. The smallest absolute Gasteiger partial charge is 0.124 e. The lowest BCUT2D eigenvalue weighted by molar-refractivity contribution is 0.282. The molecule has 4 heteroatoms. The summed E-state index contributed by atoms with van der Waals surface area (Å²) in [6, 6.07) is 2.94. The molecule has 104 valence electrons. The topological polar surface area (TPSA) is 41.9 Å². The van der Waals surface area contributed by atoms with Gasteiger partial charge in [0.05, 0.1) is 11.7 Å². The zero-order chi connectivity index (χ0) is 12.9. The lowest BCUT2D eigenvalue weighted by Gasteiger charge is -2.30. The van der Waals surface area contributed by atoms with Crippen molar-refractivity contribution in [3.05, 3.63) is 11.8 Å². The molecule has 4 rings (SSSR count). The Morgan fingerprint density at radius 3 is 2.74 bits per heavy atom. The van der Waals surface area contributed by atoms with Crippen molar-refractivity contribution in [1.29, 1.82) is 0 Å². The van der Waals surface area contributed by atoms with E-state index in [4.69, 9.17) is 5.10 Å². The lowest BCUT2D eigenvalue weighted by atomic mass is 9.94. The summed E-state index contributed by atoms with van der Waals surface area (Å²) in [5.41, 5.74) is 1.84. The van der Waals surface area contributed by atoms with Crippen molar-refractivity contribution in [3.8, 4) is 0 Å². The van der Waals surface area contributed by atoms with Crippen LogP contribution in [0.3, 0.4) is 0 Å². The van der Waals surface area contributed by atoms with Crippen LogP contribution in [0.25, 0.3) is 0 Å². The molecule has 0 spiro atoms. The van der Waals surface area contributed by atoms with Crippen LogP contribution in [0.1, 0.15) is 56.7 Å². The van der Waals surface area contributed by atoms with Crippen molar-refractivity contribution in [3.63, 3.8) is 0 Å². The van der Waals surface area contributed by atoms with Crippen LogP contribution in [0, 0.1) is 5.41 Å². The Kier molecular flexibility index (Phi) is 2.62. The average molecular weight is 260 g/mol. The number of fused-ring (bicyclic) bond motifs is 1. The first-order valence-corrected chi connectivity index (χ1v) is 7.80. The summed E-state index contributed by atoms with van der Waals surface area (Å²) >= 11 is 0. The van der Waals surface area contributed by atoms with Crippen LogP contribution in [0.5, 0.6) is 0 Å². The molecule has 2 N–H and O–H groups in total. The number of aromatic nitrogens is 2. The zero-order valence-corrected chi connectivity index (χ0v) is 11.8. The van der Waals surface area contributed by atoms with E-state index in [0.29, 0.717) is 17.4 Å². The van der Waals surface area contributed by atoms with Crippen molar-refractivity contribution in [1.82, 2.24) is 15.1 Å². The molecule has 0 aromatic carbocycles. The maximum Gasteiger partial charge on any atom is 0.124 e. The fourth-order valence-corrected chi connectivity index (χ4v) is 3.73. The van der Waals surface area contributed by atoms with Gasteiger partial charge in [-0.3, -0.25) is 0 Å². The van der Waals surface area contributed by atoms with E-state index in [9.17, 15) is 0 Å². The second-order valence-corrected chi connectivity index (χ2v) is 6.81. The summed E-state index contributed by atoms with van der Waals surface area (Å²) in [5.74, 6) is 1.92. The molecule has 1 aromatic heterocycles. The van der Waals surface area contributed by atoms with Gasteiger partial charge in [-0.25, -0.2) is 4.68 Å². The van der Waals surface area contributed by atoms with E-state index in [1.54, 1.807) is 0 Å². The van der Waals surface area contributed by atoms with Gasteiger partial charge in [-0.05, 0) is 50.6 Å². The molecule has 3 aliphatic rings. The van der Waals surface area contributed by atoms with Crippen molar-refractivity contribution in [2.75, 3.05) is 25.0 Å². The van der Waals surface area contributed by atoms with E-state index in [1.165, 1.54) is 43.6 Å². The molecule has 1 saturated carbocycles. The fraction of sp³-hybridized carbons (Fsp3) is 0.800. The van der Waals surface area contributed by atoms with Crippen LogP contribution in [-0.2, 0) is 0 Å². The highest BCUT2D eigenvalue weighted by atomic mass is 15.4. The first-order chi connectivity index (χ1) is 9.26. The summed E-state index contributed by atoms with van der Waals surface area (Å²) < 4.78 is 2.31. The van der Waals surface area contributed by atoms with Crippen molar-refractivity contribution in [2.45, 2.75) is 51.0 Å². The van der Waals surface area contributed by atoms with E-state index in [-0.39, 0.29) is 0 Å². The number of piperidine rings is 1. The Hall–Kier alpha value is -1.03. The largest absolute Gasteiger partial charge is 0.370 e. The Bertz CT molecular complexity index is 468. The van der Waals surface area contributed by atoms with Crippen LogP contribution in [-0.4, -0.2) is 29.4 Å². The molecule has 1 saturated heterocycles. The minimum Gasteiger partial charge on any atom is -0.370 e. The molecular formula is C15H24N4. The predicted molar refractivity (Wildman–Crippen MR) is 76.6 cm³/mol. The quantitative estimate of drug-likeness (QED) is 0.858. The molecule has 1 atom stereocenters. The predicted octanol–water partition coefficient (Wildman–Crippen LogP) is 2.51. The van der Waals surface area contributed by atoms with Crippen molar-refractivity contribution in [2.24, 2.45) is 5.41 Å². The van der Waals surface area contributed by atoms with Crippen LogP contribution >= 0.6 is 0 Å². The highest BCUT2D eigenvalue weighted by Gasteiger charge is 2.47. The first-order valence-electron chi connectivity index (χ1n) is 7.80. The fourth-order valence-electron chi connectivity index (χ4n) is 3.73. The van der Waals surface area contributed by atoms with Gasteiger partial charge in [-0.2, -0.15) is 5.10 Å². The van der Waals surface area contributed by atoms with E-state index < -0.39 is 0 Å². The third kappa shape index (κ3) is 1.97. The minimum absolute atomic E-state index is 0.522. The van der Waals surface area contributed by atoms with Crippen LogP contribution in [0.4, 0.5) is 5.82 Å². The van der Waals surface area contributed by atoms with E-state index in [2.05, 4.69) is 28.3 Å². The molecular weight excluding hydrogens is 236 g/mol.